The normalized spacial score (nSPS) is 22.9. The molecule has 2 N–H and O–H groups in total. The third kappa shape index (κ3) is 5.68. The van der Waals surface area contributed by atoms with Gasteiger partial charge in [-0.25, -0.2) is 0 Å². The molecule has 1 atom stereocenters. The van der Waals surface area contributed by atoms with E-state index in [2.05, 4.69) is 44.8 Å². The molecule has 0 saturated carbocycles. The average Bonchev–Trinajstić information content (AvgIpc) is 2.36. The molecule has 0 aromatic heterocycles. The van der Waals surface area contributed by atoms with E-state index in [4.69, 9.17) is 4.74 Å². The van der Waals surface area contributed by atoms with Crippen LogP contribution >= 0.6 is 0 Å². The molecule has 120 valence electrons. The Kier molecular flexibility index (Phi) is 6.92. The maximum absolute atomic E-state index is 9.75. The summed E-state index contributed by atoms with van der Waals surface area (Å²) in [6.07, 6.45) is 3.11. The van der Waals surface area contributed by atoms with Crippen LogP contribution in [-0.2, 0) is 4.74 Å². The summed E-state index contributed by atoms with van der Waals surface area (Å²) in [4.78, 5) is 2.48. The highest BCUT2D eigenvalue weighted by atomic mass is 16.5. The van der Waals surface area contributed by atoms with Crippen molar-refractivity contribution in [2.24, 2.45) is 0 Å². The monoisotopic (exact) mass is 286 g/mol. The minimum atomic E-state index is -0.115. The Balaban J connectivity index is 2.40. The Hall–Kier alpha value is -0.160. The highest BCUT2D eigenvalue weighted by Gasteiger charge is 2.29. The third-order valence-electron chi connectivity index (χ3n) is 4.21. The van der Waals surface area contributed by atoms with Gasteiger partial charge in [0.25, 0.3) is 0 Å². The van der Waals surface area contributed by atoms with Gasteiger partial charge in [0.2, 0.25) is 0 Å². The highest BCUT2D eigenvalue weighted by Crippen LogP contribution is 2.20. The predicted octanol–water partition coefficient (Wildman–Crippen LogP) is 2.02. The van der Waals surface area contributed by atoms with Crippen molar-refractivity contribution < 1.29 is 9.84 Å². The summed E-state index contributed by atoms with van der Waals surface area (Å²) in [5.74, 6) is 0. The van der Waals surface area contributed by atoms with Crippen LogP contribution in [0.5, 0.6) is 0 Å². The van der Waals surface area contributed by atoms with E-state index in [1.54, 1.807) is 0 Å². The lowest BCUT2D eigenvalue weighted by Crippen LogP contribution is -2.52. The maximum atomic E-state index is 9.75. The van der Waals surface area contributed by atoms with Gasteiger partial charge in [-0.15, -0.1) is 0 Å². The second kappa shape index (κ2) is 7.74. The fraction of sp³-hybridized carbons (Fsp3) is 1.00. The quantitative estimate of drug-likeness (QED) is 0.716. The lowest BCUT2D eigenvalue weighted by molar-refractivity contribution is -0.0865. The number of aliphatic hydroxyl groups is 1. The number of hydrogen-bond donors (Lipinski definition) is 2. The molecule has 1 heterocycles. The van der Waals surface area contributed by atoms with Crippen molar-refractivity contribution in [1.29, 1.82) is 0 Å². The molecule has 0 aromatic carbocycles. The fourth-order valence-corrected chi connectivity index (χ4v) is 3.15. The number of nitrogens with zero attached hydrogens (tertiary/aromatic N) is 1. The van der Waals surface area contributed by atoms with Gasteiger partial charge >= 0.3 is 0 Å². The van der Waals surface area contributed by atoms with Crippen LogP contribution in [0.25, 0.3) is 0 Å². The van der Waals surface area contributed by atoms with Gasteiger partial charge in [-0.2, -0.15) is 0 Å². The zero-order chi connectivity index (χ0) is 15.2. The summed E-state index contributed by atoms with van der Waals surface area (Å²) in [5.41, 5.74) is -0.136. The maximum Gasteiger partial charge on any atom is 0.0753 e. The Bertz CT molecular complexity index is 276. The molecule has 0 aliphatic carbocycles. The van der Waals surface area contributed by atoms with E-state index in [-0.39, 0.29) is 17.7 Å². The molecular formula is C16H34N2O2. The molecule has 1 saturated heterocycles. The molecule has 1 fully saturated rings. The van der Waals surface area contributed by atoms with Crippen LogP contribution in [0.3, 0.4) is 0 Å². The Labute approximate surface area is 124 Å². The van der Waals surface area contributed by atoms with Crippen LogP contribution in [0.2, 0.25) is 0 Å². The molecule has 1 aliphatic rings. The van der Waals surface area contributed by atoms with Gasteiger partial charge < -0.3 is 15.2 Å². The van der Waals surface area contributed by atoms with Gasteiger partial charge in [-0.3, -0.25) is 4.90 Å². The topological polar surface area (TPSA) is 44.7 Å². The molecule has 1 rings (SSSR count). The van der Waals surface area contributed by atoms with Crippen molar-refractivity contribution in [2.75, 3.05) is 32.8 Å². The van der Waals surface area contributed by atoms with Crippen molar-refractivity contribution in [3.63, 3.8) is 0 Å². The summed E-state index contributed by atoms with van der Waals surface area (Å²) in [6.45, 7) is 14.9. The standard InChI is InChI=1S/C16H34N2O2/c1-6-16(13-19,17-14(2)3)8-7-9-18-10-11-20-15(4,5)12-18/h14,17,19H,6-13H2,1-5H3. The molecule has 0 radical (unpaired) electrons. The van der Waals surface area contributed by atoms with Crippen LogP contribution in [0, 0.1) is 0 Å². The highest BCUT2D eigenvalue weighted by molar-refractivity contribution is 4.88. The van der Waals surface area contributed by atoms with Crippen LogP contribution in [-0.4, -0.2) is 60.0 Å². The minimum Gasteiger partial charge on any atom is -0.394 e. The molecular weight excluding hydrogens is 252 g/mol. The number of aliphatic hydroxyl groups excluding tert-OH is 1. The molecule has 1 aliphatic heterocycles. The van der Waals surface area contributed by atoms with Gasteiger partial charge in [0.15, 0.2) is 0 Å². The molecule has 20 heavy (non-hydrogen) atoms. The fourth-order valence-electron chi connectivity index (χ4n) is 3.15. The number of morpholine rings is 1. The number of hydrogen-bond acceptors (Lipinski definition) is 4. The summed E-state index contributed by atoms with van der Waals surface area (Å²) >= 11 is 0. The van der Waals surface area contributed by atoms with Crippen LogP contribution in [0.4, 0.5) is 0 Å². The summed E-state index contributed by atoms with van der Waals surface area (Å²) in [5, 5.41) is 13.3. The molecule has 1 unspecified atom stereocenters. The number of nitrogens with one attached hydrogen (secondary N) is 1. The van der Waals surface area contributed by atoms with E-state index in [9.17, 15) is 5.11 Å². The zero-order valence-corrected chi connectivity index (χ0v) is 14.0. The Morgan fingerprint density at radius 2 is 2.10 bits per heavy atom. The first-order valence-corrected chi connectivity index (χ1v) is 8.07. The summed E-state index contributed by atoms with van der Waals surface area (Å²) in [6, 6.07) is 0.407. The van der Waals surface area contributed by atoms with Crippen LogP contribution < -0.4 is 5.32 Å². The van der Waals surface area contributed by atoms with Crippen molar-refractivity contribution >= 4 is 0 Å². The van der Waals surface area contributed by atoms with Crippen molar-refractivity contribution in [2.45, 2.75) is 71.1 Å². The third-order valence-corrected chi connectivity index (χ3v) is 4.21. The first-order valence-electron chi connectivity index (χ1n) is 8.07. The van der Waals surface area contributed by atoms with Gasteiger partial charge in [0.1, 0.15) is 0 Å². The van der Waals surface area contributed by atoms with Crippen LogP contribution in [0.15, 0.2) is 0 Å². The van der Waals surface area contributed by atoms with Gasteiger partial charge in [0.05, 0.1) is 18.8 Å². The predicted molar refractivity (Wildman–Crippen MR) is 84.1 cm³/mol. The van der Waals surface area contributed by atoms with Gasteiger partial charge in [-0.1, -0.05) is 20.8 Å². The largest absolute Gasteiger partial charge is 0.394 e. The van der Waals surface area contributed by atoms with Crippen LogP contribution in [0.1, 0.15) is 53.9 Å². The van der Waals surface area contributed by atoms with E-state index in [1.807, 2.05) is 0 Å². The summed E-state index contributed by atoms with van der Waals surface area (Å²) in [7, 11) is 0. The van der Waals surface area contributed by atoms with Gasteiger partial charge in [0, 0.05) is 24.7 Å². The van der Waals surface area contributed by atoms with Crippen molar-refractivity contribution in [3.05, 3.63) is 0 Å². The second-order valence-electron chi connectivity index (χ2n) is 7.08. The molecule has 0 spiro atoms. The minimum absolute atomic E-state index is 0.0206. The molecule has 0 amide bonds. The lowest BCUT2D eigenvalue weighted by Gasteiger charge is -2.39. The summed E-state index contributed by atoms with van der Waals surface area (Å²) < 4.78 is 5.74. The lowest BCUT2D eigenvalue weighted by atomic mass is 9.90. The van der Waals surface area contributed by atoms with Crippen molar-refractivity contribution in [3.8, 4) is 0 Å². The van der Waals surface area contributed by atoms with E-state index in [0.29, 0.717) is 6.04 Å². The first kappa shape index (κ1) is 17.9. The molecule has 0 bridgehead atoms. The van der Waals surface area contributed by atoms with E-state index in [0.717, 1.165) is 45.5 Å². The Morgan fingerprint density at radius 1 is 1.40 bits per heavy atom. The second-order valence-corrected chi connectivity index (χ2v) is 7.08. The number of rotatable bonds is 8. The SMILES string of the molecule is CCC(CO)(CCCN1CCOC(C)(C)C1)NC(C)C. The van der Waals surface area contributed by atoms with Gasteiger partial charge in [-0.05, 0) is 39.7 Å². The van der Waals surface area contributed by atoms with Crippen molar-refractivity contribution in [1.82, 2.24) is 10.2 Å². The first-order chi connectivity index (χ1) is 9.32. The average molecular weight is 286 g/mol. The molecule has 4 heteroatoms. The zero-order valence-electron chi connectivity index (χ0n) is 14.0. The van der Waals surface area contributed by atoms with E-state index in [1.165, 1.54) is 0 Å². The van der Waals surface area contributed by atoms with E-state index < -0.39 is 0 Å². The Morgan fingerprint density at radius 3 is 2.60 bits per heavy atom. The molecule has 4 nitrogen and oxygen atoms in total. The molecule has 0 aromatic rings. The smallest absolute Gasteiger partial charge is 0.0753 e. The van der Waals surface area contributed by atoms with E-state index >= 15 is 0 Å². The number of ether oxygens (including phenoxy) is 1.